The van der Waals surface area contributed by atoms with Gasteiger partial charge in [-0.1, -0.05) is 25.0 Å². The van der Waals surface area contributed by atoms with Gasteiger partial charge in [0.2, 0.25) is 5.91 Å². The molecule has 1 saturated heterocycles. The summed E-state index contributed by atoms with van der Waals surface area (Å²) in [5.74, 6) is 0.405. The van der Waals surface area contributed by atoms with Crippen molar-refractivity contribution in [2.75, 3.05) is 13.1 Å². The van der Waals surface area contributed by atoms with Crippen LogP contribution in [0.5, 0.6) is 0 Å². The van der Waals surface area contributed by atoms with Gasteiger partial charge in [0.05, 0.1) is 11.1 Å². The zero-order valence-corrected chi connectivity index (χ0v) is 15.2. The van der Waals surface area contributed by atoms with Crippen LogP contribution in [0, 0.1) is 5.92 Å². The Morgan fingerprint density at radius 3 is 2.35 bits per heavy atom. The fourth-order valence-corrected chi connectivity index (χ4v) is 4.91. The van der Waals surface area contributed by atoms with Gasteiger partial charge in [-0.3, -0.25) is 19.3 Å². The van der Waals surface area contributed by atoms with Crippen molar-refractivity contribution in [2.45, 2.75) is 57.4 Å². The van der Waals surface area contributed by atoms with Crippen molar-refractivity contribution in [3.63, 3.8) is 0 Å². The van der Waals surface area contributed by atoms with Crippen molar-refractivity contribution in [1.29, 1.82) is 0 Å². The van der Waals surface area contributed by atoms with Crippen LogP contribution in [0.2, 0.25) is 0 Å². The second kappa shape index (κ2) is 7.22. The summed E-state index contributed by atoms with van der Waals surface area (Å²) in [6, 6.07) is 7.35. The van der Waals surface area contributed by atoms with Crippen LogP contribution >= 0.6 is 0 Å². The van der Waals surface area contributed by atoms with E-state index < -0.39 is 0 Å². The first-order valence-electron chi connectivity index (χ1n) is 9.91. The highest BCUT2D eigenvalue weighted by Crippen LogP contribution is 2.35. The maximum Gasteiger partial charge on any atom is 0.261 e. The number of amides is 3. The number of carbonyl (C=O) groups is 3. The summed E-state index contributed by atoms with van der Waals surface area (Å²) in [4.78, 5) is 40.9. The van der Waals surface area contributed by atoms with Crippen LogP contribution in [0.1, 0.15) is 72.1 Å². The molecule has 4 rings (SSSR count). The summed E-state index contributed by atoms with van der Waals surface area (Å²) in [5, 5.41) is 0. The van der Waals surface area contributed by atoms with Gasteiger partial charge in [-0.15, -0.1) is 0 Å². The first kappa shape index (κ1) is 17.3. The van der Waals surface area contributed by atoms with Crippen LogP contribution < -0.4 is 0 Å². The summed E-state index contributed by atoms with van der Waals surface area (Å²) < 4.78 is 0. The highest BCUT2D eigenvalue weighted by Gasteiger charge is 2.37. The third-order valence-corrected chi connectivity index (χ3v) is 6.21. The zero-order chi connectivity index (χ0) is 18.1. The van der Waals surface area contributed by atoms with Crippen molar-refractivity contribution in [3.8, 4) is 0 Å². The van der Waals surface area contributed by atoms with E-state index in [1.807, 2.05) is 0 Å². The number of rotatable bonds is 4. The summed E-state index contributed by atoms with van der Waals surface area (Å²) >= 11 is 0. The number of piperidine rings is 1. The molecule has 5 heteroatoms. The third kappa shape index (κ3) is 3.04. The van der Waals surface area contributed by atoms with Gasteiger partial charge in [0, 0.05) is 25.6 Å². The zero-order valence-electron chi connectivity index (χ0n) is 15.2. The van der Waals surface area contributed by atoms with Crippen molar-refractivity contribution in [1.82, 2.24) is 9.80 Å². The molecule has 1 saturated carbocycles. The predicted molar refractivity (Wildman–Crippen MR) is 97.7 cm³/mol. The summed E-state index contributed by atoms with van der Waals surface area (Å²) in [6.07, 6.45) is 8.21. The molecule has 1 aromatic carbocycles. The molecule has 0 N–H and O–H groups in total. The van der Waals surface area contributed by atoms with Crippen LogP contribution in [-0.4, -0.2) is 46.7 Å². The van der Waals surface area contributed by atoms with Crippen molar-refractivity contribution in [2.24, 2.45) is 5.92 Å². The maximum atomic E-state index is 12.7. The number of carbonyl (C=O) groups excluding carboxylic acids is 3. The molecule has 5 nitrogen and oxygen atoms in total. The summed E-state index contributed by atoms with van der Waals surface area (Å²) in [5.41, 5.74) is 0.954. The second-order valence-corrected chi connectivity index (χ2v) is 7.75. The Hall–Kier alpha value is -2.17. The van der Waals surface area contributed by atoms with Crippen molar-refractivity contribution >= 4 is 17.7 Å². The minimum absolute atomic E-state index is 0.193. The van der Waals surface area contributed by atoms with Gasteiger partial charge >= 0.3 is 0 Å². The number of hydrogen-bond donors (Lipinski definition) is 0. The highest BCUT2D eigenvalue weighted by atomic mass is 16.2. The average molecular weight is 354 g/mol. The number of benzene rings is 1. The van der Waals surface area contributed by atoms with Gasteiger partial charge in [-0.2, -0.15) is 0 Å². The molecule has 2 heterocycles. The molecule has 138 valence electrons. The van der Waals surface area contributed by atoms with Gasteiger partial charge < -0.3 is 4.90 Å². The molecule has 0 radical (unpaired) electrons. The Kier molecular flexibility index (Phi) is 4.79. The highest BCUT2D eigenvalue weighted by molar-refractivity contribution is 6.21. The Balaban J connectivity index is 1.33. The molecule has 0 spiro atoms. The third-order valence-electron chi connectivity index (χ3n) is 6.21. The van der Waals surface area contributed by atoms with Gasteiger partial charge in [0.25, 0.3) is 11.8 Å². The predicted octanol–water partition coefficient (Wildman–Crippen LogP) is 3.24. The largest absolute Gasteiger partial charge is 0.339 e. The maximum absolute atomic E-state index is 12.7. The van der Waals surface area contributed by atoms with E-state index in [1.165, 1.54) is 30.6 Å². The van der Waals surface area contributed by atoms with E-state index in [9.17, 15) is 14.4 Å². The van der Waals surface area contributed by atoms with Crippen LogP contribution in [0.4, 0.5) is 0 Å². The summed E-state index contributed by atoms with van der Waals surface area (Å²) in [7, 11) is 0. The monoisotopic (exact) mass is 354 g/mol. The van der Waals surface area contributed by atoms with E-state index in [0.29, 0.717) is 42.5 Å². The fraction of sp³-hybridized carbons (Fsp3) is 0.571. The van der Waals surface area contributed by atoms with Gasteiger partial charge in [-0.05, 0) is 50.2 Å². The van der Waals surface area contributed by atoms with E-state index in [4.69, 9.17) is 0 Å². The van der Waals surface area contributed by atoms with Crippen LogP contribution in [-0.2, 0) is 4.79 Å². The molecule has 1 aromatic rings. The van der Waals surface area contributed by atoms with E-state index >= 15 is 0 Å². The van der Waals surface area contributed by atoms with E-state index in [2.05, 4.69) is 4.90 Å². The Morgan fingerprint density at radius 1 is 0.962 bits per heavy atom. The van der Waals surface area contributed by atoms with Crippen molar-refractivity contribution in [3.05, 3.63) is 35.4 Å². The minimum Gasteiger partial charge on any atom is -0.339 e. The lowest BCUT2D eigenvalue weighted by Gasteiger charge is -2.44. The van der Waals surface area contributed by atoms with Crippen LogP contribution in [0.3, 0.4) is 0 Å². The lowest BCUT2D eigenvalue weighted by molar-refractivity contribution is -0.137. The Morgan fingerprint density at radius 2 is 1.62 bits per heavy atom. The Labute approximate surface area is 154 Å². The minimum atomic E-state index is -0.233. The molecule has 2 unspecified atom stereocenters. The lowest BCUT2D eigenvalue weighted by atomic mass is 9.78. The number of fused-ring (bicyclic) bond motifs is 2. The molecule has 2 atom stereocenters. The topological polar surface area (TPSA) is 57.7 Å². The molecule has 1 aliphatic carbocycles. The number of hydrogen-bond acceptors (Lipinski definition) is 3. The molecule has 2 aliphatic heterocycles. The second-order valence-electron chi connectivity index (χ2n) is 7.75. The normalized spacial score (nSPS) is 25.2. The van der Waals surface area contributed by atoms with Crippen LogP contribution in [0.25, 0.3) is 0 Å². The van der Waals surface area contributed by atoms with Crippen LogP contribution in [0.15, 0.2) is 24.3 Å². The van der Waals surface area contributed by atoms with Gasteiger partial charge in [0.1, 0.15) is 0 Å². The molecule has 0 bridgehead atoms. The average Bonchev–Trinajstić information content (AvgIpc) is 2.92. The Bertz CT molecular complexity index is 693. The quantitative estimate of drug-likeness (QED) is 0.780. The number of likely N-dealkylation sites (tertiary alicyclic amines) is 1. The fourth-order valence-electron chi connectivity index (χ4n) is 4.91. The smallest absolute Gasteiger partial charge is 0.261 e. The molecule has 2 fully saturated rings. The van der Waals surface area contributed by atoms with E-state index in [-0.39, 0.29) is 17.7 Å². The molecule has 26 heavy (non-hydrogen) atoms. The lowest BCUT2D eigenvalue weighted by Crippen LogP contribution is -2.49. The number of nitrogens with zero attached hydrogens (tertiary/aromatic N) is 2. The SMILES string of the molecule is O=C1c2ccccc2C(=O)N1CCCC(=O)N1CCCC2CCCCC21. The molecular weight excluding hydrogens is 328 g/mol. The van der Waals surface area contributed by atoms with E-state index in [1.54, 1.807) is 24.3 Å². The van der Waals surface area contributed by atoms with Crippen molar-refractivity contribution < 1.29 is 14.4 Å². The van der Waals surface area contributed by atoms with Gasteiger partial charge in [0.15, 0.2) is 0 Å². The first-order valence-corrected chi connectivity index (χ1v) is 9.91. The standard InChI is InChI=1S/C21H26N2O3/c24-19(22-13-5-8-15-7-1-4-11-18(15)22)12-6-14-23-20(25)16-9-2-3-10-17(16)21(23)26/h2-3,9-10,15,18H,1,4-8,11-14H2. The number of imide groups is 1. The molecule has 3 aliphatic rings. The summed E-state index contributed by atoms with van der Waals surface area (Å²) in [6.45, 7) is 1.19. The van der Waals surface area contributed by atoms with Gasteiger partial charge in [-0.25, -0.2) is 0 Å². The molecule has 3 amide bonds. The molecule has 0 aromatic heterocycles. The molecular formula is C21H26N2O3. The van der Waals surface area contributed by atoms with E-state index in [0.717, 1.165) is 19.4 Å². The first-order chi connectivity index (χ1) is 12.7.